The highest BCUT2D eigenvalue weighted by molar-refractivity contribution is 7.13. The minimum Gasteiger partial charge on any atom is -0.350 e. The number of hydrogen-bond donors (Lipinski definition) is 2. The van der Waals surface area contributed by atoms with Crippen LogP contribution in [-0.4, -0.2) is 47.4 Å². The fourth-order valence-electron chi connectivity index (χ4n) is 4.29. The molecule has 1 fully saturated rings. The molecule has 1 aliphatic heterocycles. The first-order chi connectivity index (χ1) is 14.6. The van der Waals surface area contributed by atoms with Gasteiger partial charge in [0.25, 0.3) is 0 Å². The van der Waals surface area contributed by atoms with Crippen molar-refractivity contribution in [2.24, 2.45) is 11.3 Å². The summed E-state index contributed by atoms with van der Waals surface area (Å²) in [4.78, 5) is 33.5. The Morgan fingerprint density at radius 1 is 1.26 bits per heavy atom. The van der Waals surface area contributed by atoms with Crippen molar-refractivity contribution in [3.05, 3.63) is 41.0 Å². The molecule has 2 heterocycles. The summed E-state index contributed by atoms with van der Waals surface area (Å²) in [5, 5.41) is 6.19. The van der Waals surface area contributed by atoms with Gasteiger partial charge in [0.1, 0.15) is 6.04 Å². The lowest BCUT2D eigenvalue weighted by Crippen LogP contribution is -2.55. The number of aromatic nitrogens is 1. The van der Waals surface area contributed by atoms with Crippen molar-refractivity contribution in [2.45, 2.75) is 59.7 Å². The highest BCUT2D eigenvalue weighted by Crippen LogP contribution is 2.29. The first-order valence-electron chi connectivity index (χ1n) is 10.9. The quantitative estimate of drug-likeness (QED) is 0.717. The number of likely N-dealkylation sites (tertiary alicyclic amines) is 1. The number of aryl methyl sites for hydroxylation is 1. The van der Waals surface area contributed by atoms with Crippen molar-refractivity contribution in [1.29, 1.82) is 0 Å². The van der Waals surface area contributed by atoms with Gasteiger partial charge in [-0.3, -0.25) is 9.59 Å². The van der Waals surface area contributed by atoms with Gasteiger partial charge in [-0.1, -0.05) is 52.0 Å². The van der Waals surface area contributed by atoms with E-state index in [0.717, 1.165) is 16.8 Å². The molecule has 168 valence electrons. The second-order valence-electron chi connectivity index (χ2n) is 9.62. The number of amides is 2. The zero-order valence-corrected chi connectivity index (χ0v) is 20.2. The first kappa shape index (κ1) is 23.4. The summed E-state index contributed by atoms with van der Waals surface area (Å²) in [5.41, 5.74) is 4.83. The fourth-order valence-corrected chi connectivity index (χ4v) is 5.10. The average Bonchev–Trinajstić information content (AvgIpc) is 3.31. The summed E-state index contributed by atoms with van der Waals surface area (Å²) < 4.78 is 0. The van der Waals surface area contributed by atoms with Crippen molar-refractivity contribution < 1.29 is 9.59 Å². The maximum Gasteiger partial charge on any atom is 0.243 e. The molecule has 0 bridgehead atoms. The van der Waals surface area contributed by atoms with Crippen LogP contribution < -0.4 is 10.6 Å². The molecular formula is C24H34N4O2S. The van der Waals surface area contributed by atoms with Crippen LogP contribution in [0.3, 0.4) is 0 Å². The van der Waals surface area contributed by atoms with Gasteiger partial charge in [0, 0.05) is 13.1 Å². The minimum absolute atomic E-state index is 0.00350. The van der Waals surface area contributed by atoms with E-state index in [0.29, 0.717) is 25.4 Å². The molecule has 1 aromatic carbocycles. The lowest BCUT2D eigenvalue weighted by Gasteiger charge is -2.34. The van der Waals surface area contributed by atoms with E-state index in [2.05, 4.69) is 34.7 Å². The van der Waals surface area contributed by atoms with Crippen LogP contribution in [0, 0.1) is 18.3 Å². The monoisotopic (exact) mass is 442 g/mol. The largest absolute Gasteiger partial charge is 0.350 e. The van der Waals surface area contributed by atoms with Crippen LogP contribution in [0.1, 0.15) is 45.4 Å². The molecule has 6 nitrogen and oxygen atoms in total. The van der Waals surface area contributed by atoms with Crippen LogP contribution in [0.25, 0.3) is 10.4 Å². The van der Waals surface area contributed by atoms with Crippen LogP contribution in [0.5, 0.6) is 0 Å². The predicted octanol–water partition coefficient (Wildman–Crippen LogP) is 3.61. The van der Waals surface area contributed by atoms with Gasteiger partial charge in [0.15, 0.2) is 0 Å². The van der Waals surface area contributed by atoms with E-state index in [-0.39, 0.29) is 23.3 Å². The molecule has 31 heavy (non-hydrogen) atoms. The molecule has 3 rings (SSSR count). The molecule has 7 heteroatoms. The zero-order chi connectivity index (χ0) is 22.8. The lowest BCUT2D eigenvalue weighted by molar-refractivity contribution is -0.142. The highest BCUT2D eigenvalue weighted by atomic mass is 32.1. The van der Waals surface area contributed by atoms with Crippen LogP contribution >= 0.6 is 11.3 Å². The van der Waals surface area contributed by atoms with E-state index in [9.17, 15) is 9.59 Å². The molecule has 0 spiro atoms. The number of likely N-dealkylation sites (N-methyl/N-ethyl adjacent to an activating group) is 1. The summed E-state index contributed by atoms with van der Waals surface area (Å²) in [6.07, 6.45) is 0.696. The summed E-state index contributed by atoms with van der Waals surface area (Å²) >= 11 is 1.63. The average molecular weight is 443 g/mol. The van der Waals surface area contributed by atoms with Gasteiger partial charge in [-0.05, 0) is 42.9 Å². The third-order valence-corrected chi connectivity index (χ3v) is 6.90. The van der Waals surface area contributed by atoms with Crippen molar-refractivity contribution >= 4 is 23.2 Å². The van der Waals surface area contributed by atoms with Gasteiger partial charge in [-0.15, -0.1) is 11.3 Å². The Bertz CT molecular complexity index is 916. The zero-order valence-electron chi connectivity index (χ0n) is 19.4. The van der Waals surface area contributed by atoms with Gasteiger partial charge < -0.3 is 15.5 Å². The molecule has 2 amide bonds. The lowest BCUT2D eigenvalue weighted by atomic mass is 9.86. The second-order valence-corrected chi connectivity index (χ2v) is 10.5. The second kappa shape index (κ2) is 9.49. The smallest absolute Gasteiger partial charge is 0.243 e. The molecule has 2 N–H and O–H groups in total. The van der Waals surface area contributed by atoms with Gasteiger partial charge in [-0.25, -0.2) is 4.98 Å². The first-order valence-corrected chi connectivity index (χ1v) is 11.7. The summed E-state index contributed by atoms with van der Waals surface area (Å²) in [7, 11) is 1.81. The maximum atomic E-state index is 13.2. The summed E-state index contributed by atoms with van der Waals surface area (Å²) in [6.45, 7) is 11.3. The minimum atomic E-state index is -0.417. The molecule has 0 saturated carbocycles. The van der Waals surface area contributed by atoms with Gasteiger partial charge in [-0.2, -0.15) is 0 Å². The number of thiazole rings is 1. The number of benzene rings is 1. The van der Waals surface area contributed by atoms with Crippen LogP contribution in [-0.2, 0) is 16.1 Å². The molecule has 0 aliphatic carbocycles. The molecular weight excluding hydrogens is 408 g/mol. The standard InChI is InChI=1S/C24H34N4O2S/c1-15-11-19(28(13-15)23(30)21(25-6)24(3,4)5)22(29)26-12-17-7-9-18(10-8-17)20-16(2)27-14-31-20/h7-10,14-15,19,21,25H,11-13H2,1-6H3,(H,26,29)/t15-,19+,21-/m1/s1. The number of carbonyl (C=O) groups excluding carboxylic acids is 2. The van der Waals surface area contributed by atoms with Crippen molar-refractivity contribution in [3.63, 3.8) is 0 Å². The Hall–Kier alpha value is -2.25. The van der Waals surface area contributed by atoms with E-state index in [1.165, 1.54) is 4.88 Å². The number of nitrogens with zero attached hydrogens (tertiary/aromatic N) is 2. The van der Waals surface area contributed by atoms with E-state index >= 15 is 0 Å². The molecule has 1 saturated heterocycles. The van der Waals surface area contributed by atoms with Crippen LogP contribution in [0.15, 0.2) is 29.8 Å². The van der Waals surface area contributed by atoms with Gasteiger partial charge in [0.2, 0.25) is 11.8 Å². The van der Waals surface area contributed by atoms with Crippen LogP contribution in [0.2, 0.25) is 0 Å². The van der Waals surface area contributed by atoms with Gasteiger partial charge >= 0.3 is 0 Å². The number of hydrogen-bond acceptors (Lipinski definition) is 5. The summed E-state index contributed by atoms with van der Waals surface area (Å²) in [5.74, 6) is 0.228. The Kier molecular flexibility index (Phi) is 7.17. The van der Waals surface area contributed by atoms with Gasteiger partial charge in [0.05, 0.1) is 22.1 Å². The Morgan fingerprint density at radius 2 is 1.94 bits per heavy atom. The Balaban J connectivity index is 1.65. The molecule has 0 radical (unpaired) electrons. The molecule has 0 unspecified atom stereocenters. The number of carbonyl (C=O) groups is 2. The highest BCUT2D eigenvalue weighted by Gasteiger charge is 2.42. The maximum absolute atomic E-state index is 13.2. The third-order valence-electron chi connectivity index (χ3n) is 5.93. The fraction of sp³-hybridized carbons (Fsp3) is 0.542. The Morgan fingerprint density at radius 3 is 2.48 bits per heavy atom. The van der Waals surface area contributed by atoms with E-state index in [4.69, 9.17) is 0 Å². The topological polar surface area (TPSA) is 74.3 Å². The molecule has 3 atom stereocenters. The molecule has 1 aromatic heterocycles. The van der Waals surface area contributed by atoms with E-state index in [1.807, 2.05) is 45.3 Å². The van der Waals surface area contributed by atoms with Crippen molar-refractivity contribution in [3.8, 4) is 10.4 Å². The van der Waals surface area contributed by atoms with Crippen molar-refractivity contribution in [2.75, 3.05) is 13.6 Å². The Labute approximate surface area is 189 Å². The van der Waals surface area contributed by atoms with Crippen molar-refractivity contribution in [1.82, 2.24) is 20.5 Å². The summed E-state index contributed by atoms with van der Waals surface area (Å²) in [6, 6.07) is 7.46. The van der Waals surface area contributed by atoms with E-state index in [1.54, 1.807) is 23.3 Å². The van der Waals surface area contributed by atoms with E-state index < -0.39 is 6.04 Å². The number of rotatable bonds is 6. The third kappa shape index (κ3) is 5.33. The number of nitrogens with one attached hydrogen (secondary N) is 2. The van der Waals surface area contributed by atoms with Crippen LogP contribution in [0.4, 0.5) is 0 Å². The normalized spacial score (nSPS) is 20.0. The predicted molar refractivity (Wildman–Crippen MR) is 126 cm³/mol. The molecule has 1 aliphatic rings. The molecule has 2 aromatic rings. The SMILES string of the molecule is CN[C@H](C(=O)N1C[C@H](C)C[C@H]1C(=O)NCc1ccc(-c2scnc2C)cc1)C(C)(C)C.